The van der Waals surface area contributed by atoms with Gasteiger partial charge in [-0.1, -0.05) is 0 Å². The Balaban J connectivity index is 1.88. The van der Waals surface area contributed by atoms with Gasteiger partial charge in [-0.05, 0) is 39.9 Å². The van der Waals surface area contributed by atoms with E-state index in [4.69, 9.17) is 5.73 Å². The van der Waals surface area contributed by atoms with Crippen molar-refractivity contribution in [3.8, 4) is 0 Å². The first-order valence-electron chi connectivity index (χ1n) is 6.50. The van der Waals surface area contributed by atoms with Crippen LogP contribution in [0.15, 0.2) is 6.07 Å². The van der Waals surface area contributed by atoms with Crippen molar-refractivity contribution in [2.24, 2.45) is 5.92 Å². The normalized spacial score (nSPS) is 20.8. The van der Waals surface area contributed by atoms with Crippen molar-refractivity contribution < 1.29 is 0 Å². The second-order valence-electron chi connectivity index (χ2n) is 5.46. The summed E-state index contributed by atoms with van der Waals surface area (Å²) in [5.74, 6) is 2.15. The molecule has 0 spiro atoms. The van der Waals surface area contributed by atoms with E-state index in [0.29, 0.717) is 5.82 Å². The van der Waals surface area contributed by atoms with Crippen molar-refractivity contribution in [3.05, 3.63) is 17.6 Å². The van der Waals surface area contributed by atoms with Crippen LogP contribution in [0, 0.1) is 12.8 Å². The molecule has 0 amide bonds. The zero-order valence-electron chi connectivity index (χ0n) is 11.6. The molecule has 1 unspecified atom stereocenters. The topological polar surface area (TPSA) is 58.3 Å². The van der Waals surface area contributed by atoms with Gasteiger partial charge in [0.05, 0.1) is 6.54 Å². The van der Waals surface area contributed by atoms with Gasteiger partial charge < -0.3 is 10.6 Å². The number of nitrogen functional groups attached to an aromatic ring is 1. The molecule has 5 heteroatoms. The van der Waals surface area contributed by atoms with E-state index in [2.05, 4.69) is 33.9 Å². The van der Waals surface area contributed by atoms with Crippen LogP contribution >= 0.6 is 0 Å². The summed E-state index contributed by atoms with van der Waals surface area (Å²) in [6, 6.07) is 1.80. The molecule has 1 aromatic heterocycles. The smallest absolute Gasteiger partial charge is 0.144 e. The van der Waals surface area contributed by atoms with Gasteiger partial charge in [0.25, 0.3) is 0 Å². The molecule has 1 saturated heterocycles. The van der Waals surface area contributed by atoms with Gasteiger partial charge in [-0.2, -0.15) is 0 Å². The Labute approximate surface area is 109 Å². The minimum atomic E-state index is 0.562. The van der Waals surface area contributed by atoms with Crippen LogP contribution < -0.4 is 5.73 Å². The first-order chi connectivity index (χ1) is 8.52. The van der Waals surface area contributed by atoms with E-state index in [1.54, 1.807) is 6.07 Å². The van der Waals surface area contributed by atoms with E-state index in [9.17, 15) is 0 Å². The van der Waals surface area contributed by atoms with Gasteiger partial charge in [-0.3, -0.25) is 4.90 Å². The lowest BCUT2D eigenvalue weighted by Gasteiger charge is -2.20. The number of aromatic nitrogens is 2. The van der Waals surface area contributed by atoms with Crippen molar-refractivity contribution in [2.75, 3.05) is 39.5 Å². The number of likely N-dealkylation sites (tertiary alicyclic amines) is 1. The minimum absolute atomic E-state index is 0.562. The van der Waals surface area contributed by atoms with E-state index in [0.717, 1.165) is 30.5 Å². The Morgan fingerprint density at radius 2 is 2.28 bits per heavy atom. The zero-order valence-corrected chi connectivity index (χ0v) is 11.6. The second kappa shape index (κ2) is 5.63. The first-order valence-corrected chi connectivity index (χ1v) is 6.50. The maximum absolute atomic E-state index is 5.74. The summed E-state index contributed by atoms with van der Waals surface area (Å²) in [7, 11) is 4.31. The summed E-state index contributed by atoms with van der Waals surface area (Å²) in [6.07, 6.45) is 1.29. The van der Waals surface area contributed by atoms with Gasteiger partial charge >= 0.3 is 0 Å². The standard InChI is InChI=1S/C13H23N5/c1-10-6-12(14)16-13(15-10)9-18(3)8-11-4-5-17(2)7-11/h6,11H,4-5,7-9H2,1-3H3,(H2,14,15,16). The minimum Gasteiger partial charge on any atom is -0.384 e. The van der Waals surface area contributed by atoms with Crippen molar-refractivity contribution in [2.45, 2.75) is 19.9 Å². The van der Waals surface area contributed by atoms with Gasteiger partial charge in [0, 0.05) is 24.8 Å². The highest BCUT2D eigenvalue weighted by Crippen LogP contribution is 2.15. The molecule has 1 aliphatic rings. The molecule has 1 fully saturated rings. The van der Waals surface area contributed by atoms with Crippen LogP contribution in [0.25, 0.3) is 0 Å². The van der Waals surface area contributed by atoms with E-state index in [-0.39, 0.29) is 0 Å². The Morgan fingerprint density at radius 1 is 1.50 bits per heavy atom. The molecular weight excluding hydrogens is 226 g/mol. The van der Waals surface area contributed by atoms with Crippen molar-refractivity contribution in [1.82, 2.24) is 19.8 Å². The second-order valence-corrected chi connectivity index (χ2v) is 5.46. The van der Waals surface area contributed by atoms with Crippen LogP contribution in [0.3, 0.4) is 0 Å². The maximum atomic E-state index is 5.74. The fourth-order valence-electron chi connectivity index (χ4n) is 2.65. The zero-order chi connectivity index (χ0) is 13.1. The van der Waals surface area contributed by atoms with Gasteiger partial charge in [-0.25, -0.2) is 9.97 Å². The molecule has 2 heterocycles. The first kappa shape index (κ1) is 13.2. The van der Waals surface area contributed by atoms with Crippen LogP contribution in [0.2, 0.25) is 0 Å². The van der Waals surface area contributed by atoms with Crippen LogP contribution in [-0.2, 0) is 6.54 Å². The van der Waals surface area contributed by atoms with Gasteiger partial charge in [-0.15, -0.1) is 0 Å². The molecule has 1 aromatic rings. The Hall–Kier alpha value is -1.20. The average molecular weight is 249 g/mol. The summed E-state index contributed by atoms with van der Waals surface area (Å²) < 4.78 is 0. The van der Waals surface area contributed by atoms with E-state index in [1.165, 1.54) is 19.5 Å². The fraction of sp³-hybridized carbons (Fsp3) is 0.692. The number of hydrogen-bond donors (Lipinski definition) is 1. The SMILES string of the molecule is Cc1cc(N)nc(CN(C)CC2CCN(C)C2)n1. The molecule has 2 rings (SSSR count). The monoisotopic (exact) mass is 249 g/mol. The van der Waals surface area contributed by atoms with Crippen LogP contribution in [0.1, 0.15) is 17.9 Å². The molecule has 18 heavy (non-hydrogen) atoms. The number of aryl methyl sites for hydroxylation is 1. The van der Waals surface area contributed by atoms with Crippen molar-refractivity contribution in [3.63, 3.8) is 0 Å². The highest BCUT2D eigenvalue weighted by molar-refractivity contribution is 5.29. The van der Waals surface area contributed by atoms with Crippen molar-refractivity contribution >= 4 is 5.82 Å². The van der Waals surface area contributed by atoms with Gasteiger partial charge in [0.15, 0.2) is 0 Å². The molecule has 0 aliphatic carbocycles. The predicted octanol–water partition coefficient (Wildman–Crippen LogP) is 0.751. The largest absolute Gasteiger partial charge is 0.384 e. The highest BCUT2D eigenvalue weighted by atomic mass is 15.2. The van der Waals surface area contributed by atoms with Crippen LogP contribution in [0.5, 0.6) is 0 Å². The molecule has 1 aliphatic heterocycles. The summed E-state index contributed by atoms with van der Waals surface area (Å²) >= 11 is 0. The van der Waals surface area contributed by atoms with Crippen LogP contribution in [-0.4, -0.2) is 53.5 Å². The molecular formula is C13H23N5. The highest BCUT2D eigenvalue weighted by Gasteiger charge is 2.20. The Morgan fingerprint density at radius 3 is 2.89 bits per heavy atom. The molecule has 0 bridgehead atoms. The summed E-state index contributed by atoms with van der Waals surface area (Å²) in [4.78, 5) is 13.4. The quantitative estimate of drug-likeness (QED) is 0.853. The van der Waals surface area contributed by atoms with Gasteiger partial charge in [0.1, 0.15) is 11.6 Å². The third-order valence-electron chi connectivity index (χ3n) is 3.39. The fourth-order valence-corrected chi connectivity index (χ4v) is 2.65. The van der Waals surface area contributed by atoms with E-state index < -0.39 is 0 Å². The predicted molar refractivity (Wildman–Crippen MR) is 73.1 cm³/mol. The lowest BCUT2D eigenvalue weighted by atomic mass is 10.1. The number of anilines is 1. The lowest BCUT2D eigenvalue weighted by molar-refractivity contribution is 0.262. The summed E-state index contributed by atoms with van der Waals surface area (Å²) in [5.41, 5.74) is 6.68. The number of hydrogen-bond acceptors (Lipinski definition) is 5. The molecule has 5 nitrogen and oxygen atoms in total. The molecule has 2 N–H and O–H groups in total. The third kappa shape index (κ3) is 3.65. The van der Waals surface area contributed by atoms with Crippen molar-refractivity contribution in [1.29, 1.82) is 0 Å². The Bertz CT molecular complexity index is 386. The summed E-state index contributed by atoms with van der Waals surface area (Å²) in [5, 5.41) is 0. The lowest BCUT2D eigenvalue weighted by Crippen LogP contribution is -2.28. The molecule has 100 valence electrons. The summed E-state index contributed by atoms with van der Waals surface area (Å²) in [6.45, 7) is 6.23. The number of nitrogens with two attached hydrogens (primary N) is 1. The maximum Gasteiger partial charge on any atom is 0.144 e. The van der Waals surface area contributed by atoms with Crippen LogP contribution in [0.4, 0.5) is 5.82 Å². The van der Waals surface area contributed by atoms with E-state index >= 15 is 0 Å². The van der Waals surface area contributed by atoms with E-state index in [1.807, 2.05) is 6.92 Å². The average Bonchev–Trinajstić information content (AvgIpc) is 2.61. The Kier molecular flexibility index (Phi) is 4.14. The van der Waals surface area contributed by atoms with Gasteiger partial charge in [0.2, 0.25) is 0 Å². The molecule has 0 radical (unpaired) electrons. The number of nitrogens with zero attached hydrogens (tertiary/aromatic N) is 4. The third-order valence-corrected chi connectivity index (χ3v) is 3.39. The molecule has 0 aromatic carbocycles. The number of rotatable bonds is 4. The molecule has 0 saturated carbocycles. The molecule has 1 atom stereocenters.